The molecule has 7 aromatic rings. The van der Waals surface area contributed by atoms with Crippen LogP contribution in [-0.4, -0.2) is 252 Å². The minimum absolute atomic E-state index is 0.0506. The normalized spacial score (nSPS) is 22.2. The van der Waals surface area contributed by atoms with Crippen molar-refractivity contribution in [1.29, 1.82) is 0 Å². The Labute approximate surface area is 726 Å². The summed E-state index contributed by atoms with van der Waals surface area (Å²) in [5.41, 5.74) is 5.75. The third-order valence-corrected chi connectivity index (χ3v) is 25.2. The third kappa shape index (κ3) is 24.9. The molecule has 0 radical (unpaired) electrons. The van der Waals surface area contributed by atoms with Crippen LogP contribution in [0.1, 0.15) is 106 Å². The molecule has 3 unspecified atom stereocenters. The number of carboxylic acids is 2. The van der Waals surface area contributed by atoms with E-state index in [1.807, 2.05) is 59.5 Å². The number of aliphatic hydroxyl groups is 3. The molecule has 31 heteroatoms. The second-order valence-electron chi connectivity index (χ2n) is 33.9. The van der Waals surface area contributed by atoms with Gasteiger partial charge in [0, 0.05) is 101 Å². The molecule has 0 bridgehead atoms. The lowest BCUT2D eigenvalue weighted by Gasteiger charge is -2.30. The number of carbonyl (C=O) groups is 5. The monoisotopic (exact) mass is 1730 g/mol. The molecule has 18 rings (SSSR count). The molecule has 27 nitrogen and oxygen atoms in total. The van der Waals surface area contributed by atoms with Gasteiger partial charge in [0.25, 0.3) is 0 Å². The highest BCUT2D eigenvalue weighted by molar-refractivity contribution is 5.82. The van der Waals surface area contributed by atoms with Crippen LogP contribution in [0.4, 0.5) is 40.3 Å². The molecule has 0 saturated carbocycles. The fourth-order valence-corrected chi connectivity index (χ4v) is 18.0. The SMILES string of the molecule is O=C(N[C@H](CN1CCCC1)[C@H](O)c1ccc2c(c1)OCCO2)C1CCN(c2ccc(F)cc2)C1.O=C(N[C@H](CN1CCCC1)[C@H](O)c1ccc2c(c1)OCCO2)[C@@H]1CCN(c2ccc(F)cc2)C1.O=C(N[C@H](CN1CCCC1)[C@H](O)c1ccc2c(c1)OCCO2)[C@H]1CCN(c2ccc(F)cc2)C1.O=C(O)C1CCN(c2ccc(F)cc2)C1.O=C(O)C1CCNC1. The molecule has 9 N–H and O–H groups in total. The zero-order valence-electron chi connectivity index (χ0n) is 70.6. The number of amides is 3. The standard InChI is InChI=1S/3C26H32FN3O4.C11H12FNO2.C5H9NO2/c3*27-20-4-6-21(7-5-20)30-12-9-19(16-30)26(32)28-22(17-29-10-1-2-11-29)25(31)18-3-8-23-24(15-18)34-14-13-33-23;12-9-1-3-10(4-2-9)13-6-5-8(7-13)11(14)15;7-5(8)4-1-2-6-3-4/h3*3-8,15,19,22,25,31H,1-2,9-14,16-17H2,(H,28,32);1-4,8H,5-7H2,(H,14,15);4,6H,1-3H2,(H,7,8)/t19?,22-,25-;19-,22+,25+;19-,22-,25-;;/m101../s1. The first-order chi connectivity index (χ1) is 60.7. The number of nitrogens with zero attached hydrogens (tertiary/aromatic N) is 7. The number of benzene rings is 7. The van der Waals surface area contributed by atoms with E-state index in [1.54, 1.807) is 48.5 Å². The summed E-state index contributed by atoms with van der Waals surface area (Å²) in [7, 11) is 0. The van der Waals surface area contributed by atoms with E-state index in [4.69, 9.17) is 38.6 Å². The number of anilines is 4. The number of aliphatic carboxylic acids is 2. The molecule has 11 heterocycles. The summed E-state index contributed by atoms with van der Waals surface area (Å²) in [6.45, 7) is 17.3. The summed E-state index contributed by atoms with van der Waals surface area (Å²) in [4.78, 5) is 75.9. The Hall–Kier alpha value is -10.7. The van der Waals surface area contributed by atoms with Crippen molar-refractivity contribution in [3.05, 3.63) is 192 Å². The molecule has 0 aliphatic carbocycles. The van der Waals surface area contributed by atoms with Gasteiger partial charge in [-0.25, -0.2) is 17.6 Å². The van der Waals surface area contributed by atoms with Crippen LogP contribution >= 0.6 is 0 Å². The first kappa shape index (κ1) is 90.6. The number of fused-ring (bicyclic) bond motifs is 3. The Morgan fingerprint density at radius 3 is 0.832 bits per heavy atom. The maximum Gasteiger partial charge on any atom is 0.308 e. The number of ether oxygens (including phenoxy) is 6. The van der Waals surface area contributed by atoms with E-state index in [1.165, 1.54) is 48.5 Å². The van der Waals surface area contributed by atoms with E-state index in [0.717, 1.165) is 159 Å². The third-order valence-electron chi connectivity index (χ3n) is 25.2. The van der Waals surface area contributed by atoms with E-state index < -0.39 is 48.4 Å². The molecule has 125 heavy (non-hydrogen) atoms. The van der Waals surface area contributed by atoms with Crippen molar-refractivity contribution in [1.82, 2.24) is 36.0 Å². The van der Waals surface area contributed by atoms with Gasteiger partial charge in [0.15, 0.2) is 34.5 Å². The Morgan fingerprint density at radius 1 is 0.336 bits per heavy atom. The second kappa shape index (κ2) is 44.0. The van der Waals surface area contributed by atoms with Crippen molar-refractivity contribution in [2.45, 2.75) is 107 Å². The maximum absolute atomic E-state index is 13.3. The van der Waals surface area contributed by atoms with Crippen molar-refractivity contribution < 1.29 is 95.5 Å². The van der Waals surface area contributed by atoms with E-state index in [9.17, 15) is 56.9 Å². The predicted octanol–water partition coefficient (Wildman–Crippen LogP) is 9.63. The number of hydrogen-bond acceptors (Lipinski definition) is 22. The number of halogens is 4. The topological polar surface area (TPSA) is 313 Å². The molecular weight excluding hydrogens is 1620 g/mol. The van der Waals surface area contributed by atoms with Gasteiger partial charge in [-0.1, -0.05) is 18.2 Å². The van der Waals surface area contributed by atoms with Gasteiger partial charge in [-0.2, -0.15) is 0 Å². The largest absolute Gasteiger partial charge is 0.486 e. The van der Waals surface area contributed by atoms with E-state index in [-0.39, 0.29) is 70.6 Å². The van der Waals surface area contributed by atoms with Crippen molar-refractivity contribution in [3.63, 3.8) is 0 Å². The number of hydrogen-bond donors (Lipinski definition) is 9. The molecule has 8 saturated heterocycles. The van der Waals surface area contributed by atoms with Crippen molar-refractivity contribution in [3.8, 4) is 34.5 Å². The minimum Gasteiger partial charge on any atom is -0.486 e. The van der Waals surface area contributed by atoms with E-state index >= 15 is 0 Å². The predicted molar refractivity (Wildman–Crippen MR) is 463 cm³/mol. The maximum atomic E-state index is 13.3. The lowest BCUT2D eigenvalue weighted by molar-refractivity contribution is -0.141. The smallest absolute Gasteiger partial charge is 0.308 e. The second-order valence-corrected chi connectivity index (χ2v) is 33.9. The number of likely N-dealkylation sites (tertiary alicyclic amines) is 3. The summed E-state index contributed by atoms with van der Waals surface area (Å²) in [5, 5.41) is 63.6. The zero-order chi connectivity index (χ0) is 87.3. The van der Waals surface area contributed by atoms with Gasteiger partial charge >= 0.3 is 11.9 Å². The average Bonchev–Trinajstić information content (AvgIpc) is 1.58. The summed E-state index contributed by atoms with van der Waals surface area (Å²) in [6, 6.07) is 40.4. The summed E-state index contributed by atoms with van der Waals surface area (Å²) < 4.78 is 86.4. The number of carbonyl (C=O) groups excluding carboxylic acids is 3. The van der Waals surface area contributed by atoms with Crippen LogP contribution in [0.25, 0.3) is 0 Å². The van der Waals surface area contributed by atoms with Crippen LogP contribution in [0, 0.1) is 52.9 Å². The first-order valence-corrected chi connectivity index (χ1v) is 44.2. The van der Waals surface area contributed by atoms with Gasteiger partial charge in [-0.15, -0.1) is 0 Å². The first-order valence-electron chi connectivity index (χ1n) is 44.2. The van der Waals surface area contributed by atoms with Gasteiger partial charge in [0.05, 0.1) is 47.7 Å². The molecule has 672 valence electrons. The highest BCUT2D eigenvalue weighted by Gasteiger charge is 2.39. The molecular formula is C94H117F4N11O16. The van der Waals surface area contributed by atoms with Gasteiger partial charge in [0.2, 0.25) is 17.7 Å². The highest BCUT2D eigenvalue weighted by atomic mass is 19.1. The van der Waals surface area contributed by atoms with Crippen molar-refractivity contribution >= 4 is 52.4 Å². The molecule has 0 spiro atoms. The van der Waals surface area contributed by atoms with E-state index in [0.29, 0.717) is 150 Å². The number of carboxylic acid groups (broad SMARTS) is 2. The number of aliphatic hydroxyl groups excluding tert-OH is 3. The fourth-order valence-electron chi connectivity index (χ4n) is 18.0. The summed E-state index contributed by atoms with van der Waals surface area (Å²) in [5.74, 6) is 0.279. The van der Waals surface area contributed by atoms with Gasteiger partial charge in [-0.05, 0) is 267 Å². The van der Waals surface area contributed by atoms with Crippen molar-refractivity contribution in [2.24, 2.45) is 29.6 Å². The van der Waals surface area contributed by atoms with Crippen LogP contribution < -0.4 is 69.3 Å². The molecule has 11 aliphatic heterocycles. The number of rotatable bonds is 24. The molecule has 3 amide bonds. The number of nitrogens with one attached hydrogen (secondary N) is 4. The highest BCUT2D eigenvalue weighted by Crippen LogP contribution is 2.39. The quantitative estimate of drug-likeness (QED) is 0.0254. The van der Waals surface area contributed by atoms with E-state index in [2.05, 4.69) is 50.7 Å². The lowest BCUT2D eigenvalue weighted by atomic mass is 9.99. The Balaban J connectivity index is 0.000000135. The molecule has 8 fully saturated rings. The van der Waals surface area contributed by atoms with Crippen LogP contribution in [0.15, 0.2) is 152 Å². The molecule has 0 aromatic heterocycles. The lowest BCUT2D eigenvalue weighted by Crippen LogP contribution is -2.48. The Bertz CT molecular complexity index is 4300. The molecule has 7 aromatic carbocycles. The van der Waals surface area contributed by atoms with Gasteiger partial charge in [-0.3, -0.25) is 24.0 Å². The van der Waals surface area contributed by atoms with Crippen LogP contribution in [0.5, 0.6) is 34.5 Å². The molecule has 11 atom stereocenters. The zero-order valence-corrected chi connectivity index (χ0v) is 70.6. The molecule has 11 aliphatic rings. The van der Waals surface area contributed by atoms with Crippen LogP contribution in [-0.2, 0) is 24.0 Å². The Morgan fingerprint density at radius 2 is 0.592 bits per heavy atom. The van der Waals surface area contributed by atoms with Crippen LogP contribution in [0.3, 0.4) is 0 Å². The van der Waals surface area contributed by atoms with Gasteiger partial charge in [0.1, 0.15) is 81.2 Å². The fraction of sp³-hybridized carbons (Fsp3) is 0.500. The summed E-state index contributed by atoms with van der Waals surface area (Å²) >= 11 is 0. The summed E-state index contributed by atoms with van der Waals surface area (Å²) in [6.07, 6.45) is 7.82. The van der Waals surface area contributed by atoms with Gasteiger partial charge < -0.3 is 110 Å². The van der Waals surface area contributed by atoms with Crippen molar-refractivity contribution in [2.75, 3.05) is 184 Å². The average molecular weight is 1730 g/mol. The van der Waals surface area contributed by atoms with Crippen LogP contribution in [0.2, 0.25) is 0 Å². The Kier molecular flexibility index (Phi) is 31.9. The minimum atomic E-state index is -0.866.